The second kappa shape index (κ2) is 5.27. The number of carbonyl (C=O) groups excluding carboxylic acids is 1. The average molecular weight is 298 g/mol. The van der Waals surface area contributed by atoms with Gasteiger partial charge in [-0.25, -0.2) is 0 Å². The average Bonchev–Trinajstić information content (AvgIpc) is 2.64. The van der Waals surface area contributed by atoms with Crippen LogP contribution in [0.3, 0.4) is 0 Å². The van der Waals surface area contributed by atoms with Crippen molar-refractivity contribution in [2.24, 2.45) is 10.2 Å². The third-order valence-electron chi connectivity index (χ3n) is 1.79. The number of nitrogens with one attached hydrogen (secondary N) is 1. The molecule has 0 spiro atoms. The first-order valence-electron chi connectivity index (χ1n) is 4.53. The van der Waals surface area contributed by atoms with Gasteiger partial charge in [0.15, 0.2) is 5.17 Å². The molecular weight excluding hydrogens is 290 g/mol. The maximum absolute atomic E-state index is 10.9. The monoisotopic (exact) mass is 297 g/mol. The summed E-state index contributed by atoms with van der Waals surface area (Å²) in [7, 11) is 0. The molecule has 1 heterocycles. The Morgan fingerprint density at radius 3 is 3.06 bits per heavy atom. The highest BCUT2D eigenvalue weighted by atomic mass is 79.9. The molecule has 0 radical (unpaired) electrons. The highest BCUT2D eigenvalue weighted by Crippen LogP contribution is 2.11. The fourth-order valence-corrected chi connectivity index (χ4v) is 2.16. The van der Waals surface area contributed by atoms with Crippen LogP contribution < -0.4 is 5.32 Å². The lowest BCUT2D eigenvalue weighted by molar-refractivity contribution is -0.116. The van der Waals surface area contributed by atoms with Crippen LogP contribution in [0.1, 0.15) is 5.56 Å². The molecule has 1 fully saturated rings. The Bertz CT molecular complexity index is 473. The van der Waals surface area contributed by atoms with E-state index in [4.69, 9.17) is 0 Å². The van der Waals surface area contributed by atoms with Crippen molar-refractivity contribution < 1.29 is 4.79 Å². The first-order valence-corrected chi connectivity index (χ1v) is 6.31. The van der Waals surface area contributed by atoms with E-state index in [-0.39, 0.29) is 5.91 Å². The standard InChI is InChI=1S/C10H8BrN3OS/c11-8-3-1-2-7(4-8)5-12-14-10-13-9(15)6-16-10/h1-5H,6H2,(H,13,14,15)/b12-5+. The molecule has 82 valence electrons. The predicted molar refractivity (Wildman–Crippen MR) is 69.8 cm³/mol. The quantitative estimate of drug-likeness (QED) is 0.670. The minimum Gasteiger partial charge on any atom is -0.303 e. The second-order valence-corrected chi connectivity index (χ2v) is 4.92. The number of hydrogen-bond donors (Lipinski definition) is 1. The summed E-state index contributed by atoms with van der Waals surface area (Å²) >= 11 is 4.72. The van der Waals surface area contributed by atoms with E-state index in [1.54, 1.807) is 6.21 Å². The number of carbonyl (C=O) groups is 1. The molecular formula is C10H8BrN3OS. The zero-order chi connectivity index (χ0) is 11.4. The normalized spacial score (nSPS) is 18.3. The summed E-state index contributed by atoms with van der Waals surface area (Å²) in [6.45, 7) is 0. The van der Waals surface area contributed by atoms with Crippen molar-refractivity contribution in [3.05, 3.63) is 34.3 Å². The summed E-state index contributed by atoms with van der Waals surface area (Å²) in [4.78, 5) is 10.9. The molecule has 0 bridgehead atoms. The zero-order valence-corrected chi connectivity index (χ0v) is 10.6. The fraction of sp³-hybridized carbons (Fsp3) is 0.100. The molecule has 0 aliphatic carbocycles. The summed E-state index contributed by atoms with van der Waals surface area (Å²) in [5.41, 5.74) is 0.952. The number of halogens is 1. The predicted octanol–water partition coefficient (Wildman–Crippen LogP) is 2.00. The largest absolute Gasteiger partial charge is 0.303 e. The van der Waals surface area contributed by atoms with Crippen molar-refractivity contribution in [2.75, 3.05) is 5.75 Å². The van der Waals surface area contributed by atoms with E-state index in [1.165, 1.54) is 11.8 Å². The Morgan fingerprint density at radius 2 is 2.38 bits per heavy atom. The van der Waals surface area contributed by atoms with Crippen LogP contribution in [0, 0.1) is 0 Å². The summed E-state index contributed by atoms with van der Waals surface area (Å²) in [6, 6.07) is 7.72. The smallest absolute Gasteiger partial charge is 0.236 e. The second-order valence-electron chi connectivity index (χ2n) is 3.04. The molecule has 1 saturated heterocycles. The van der Waals surface area contributed by atoms with Crippen molar-refractivity contribution in [1.29, 1.82) is 0 Å². The van der Waals surface area contributed by atoms with Crippen LogP contribution in [0.2, 0.25) is 0 Å². The maximum Gasteiger partial charge on any atom is 0.236 e. The molecule has 4 nitrogen and oxygen atoms in total. The van der Waals surface area contributed by atoms with Crippen molar-refractivity contribution in [2.45, 2.75) is 0 Å². The molecule has 0 saturated carbocycles. The molecule has 1 N–H and O–H groups in total. The summed E-state index contributed by atoms with van der Waals surface area (Å²) < 4.78 is 0.993. The molecule has 2 rings (SSSR count). The van der Waals surface area contributed by atoms with Crippen LogP contribution in [0.4, 0.5) is 0 Å². The molecule has 0 aromatic heterocycles. The number of rotatable bonds is 2. The molecule has 6 heteroatoms. The van der Waals surface area contributed by atoms with Gasteiger partial charge in [0.05, 0.1) is 12.0 Å². The maximum atomic E-state index is 10.9. The van der Waals surface area contributed by atoms with Gasteiger partial charge in [-0.15, -0.1) is 5.10 Å². The molecule has 1 amide bonds. The van der Waals surface area contributed by atoms with Gasteiger partial charge in [-0.05, 0) is 17.7 Å². The van der Waals surface area contributed by atoms with E-state index in [9.17, 15) is 4.79 Å². The minimum absolute atomic E-state index is 0.0265. The van der Waals surface area contributed by atoms with Crippen LogP contribution in [-0.2, 0) is 4.79 Å². The van der Waals surface area contributed by atoms with Gasteiger partial charge in [-0.1, -0.05) is 39.8 Å². The van der Waals surface area contributed by atoms with Crippen molar-refractivity contribution in [3.63, 3.8) is 0 Å². The van der Waals surface area contributed by atoms with E-state index in [0.29, 0.717) is 10.9 Å². The van der Waals surface area contributed by atoms with Gasteiger partial charge in [-0.3, -0.25) is 4.79 Å². The number of hydrogen-bond acceptors (Lipinski definition) is 4. The van der Waals surface area contributed by atoms with Crippen LogP contribution in [-0.4, -0.2) is 23.0 Å². The number of nitrogens with zero attached hydrogens (tertiary/aromatic N) is 2. The zero-order valence-electron chi connectivity index (χ0n) is 8.18. The van der Waals surface area contributed by atoms with Gasteiger partial charge in [0, 0.05) is 4.47 Å². The number of thioether (sulfide) groups is 1. The first-order chi connectivity index (χ1) is 7.74. The molecule has 1 aromatic carbocycles. The molecule has 1 aliphatic heterocycles. The van der Waals surface area contributed by atoms with E-state index in [0.717, 1.165) is 10.0 Å². The van der Waals surface area contributed by atoms with Crippen LogP contribution in [0.25, 0.3) is 0 Å². The lowest BCUT2D eigenvalue weighted by atomic mass is 10.2. The SMILES string of the molecule is O=C1CS/C(=N/N=C/c2cccc(Br)c2)N1. The van der Waals surface area contributed by atoms with Crippen LogP contribution in [0.5, 0.6) is 0 Å². The van der Waals surface area contributed by atoms with Gasteiger partial charge < -0.3 is 5.32 Å². The molecule has 1 aromatic rings. The Morgan fingerprint density at radius 1 is 1.50 bits per heavy atom. The lowest BCUT2D eigenvalue weighted by Crippen LogP contribution is -2.19. The molecule has 1 aliphatic rings. The van der Waals surface area contributed by atoms with Crippen molar-refractivity contribution >= 4 is 45.0 Å². The molecule has 0 atom stereocenters. The van der Waals surface area contributed by atoms with Gasteiger partial charge >= 0.3 is 0 Å². The highest BCUT2D eigenvalue weighted by Gasteiger charge is 2.15. The minimum atomic E-state index is -0.0265. The molecule has 0 unspecified atom stereocenters. The molecule has 16 heavy (non-hydrogen) atoms. The Balaban J connectivity index is 2.02. The fourth-order valence-electron chi connectivity index (χ4n) is 1.11. The van der Waals surface area contributed by atoms with E-state index >= 15 is 0 Å². The van der Waals surface area contributed by atoms with E-state index in [1.807, 2.05) is 24.3 Å². The third-order valence-corrected chi connectivity index (χ3v) is 3.15. The van der Waals surface area contributed by atoms with Gasteiger partial charge in [0.2, 0.25) is 5.91 Å². The number of benzene rings is 1. The Kier molecular flexibility index (Phi) is 3.74. The number of amides is 1. The van der Waals surface area contributed by atoms with E-state index < -0.39 is 0 Å². The topological polar surface area (TPSA) is 53.8 Å². The van der Waals surface area contributed by atoms with Gasteiger partial charge in [-0.2, -0.15) is 5.10 Å². The first kappa shape index (κ1) is 11.3. The van der Waals surface area contributed by atoms with E-state index in [2.05, 4.69) is 31.4 Å². The van der Waals surface area contributed by atoms with Crippen LogP contribution >= 0.6 is 27.7 Å². The summed E-state index contributed by atoms with van der Waals surface area (Å²) in [5, 5.41) is 11.0. The Hall–Kier alpha value is -1.14. The lowest BCUT2D eigenvalue weighted by Gasteiger charge is -1.92. The Labute approximate surface area is 105 Å². The van der Waals surface area contributed by atoms with Gasteiger partial charge in [0.25, 0.3) is 0 Å². The van der Waals surface area contributed by atoms with Crippen molar-refractivity contribution in [3.8, 4) is 0 Å². The highest BCUT2D eigenvalue weighted by molar-refractivity contribution is 9.10. The third kappa shape index (κ3) is 3.18. The summed E-state index contributed by atoms with van der Waals surface area (Å²) in [5.74, 6) is 0.395. The summed E-state index contributed by atoms with van der Waals surface area (Å²) in [6.07, 6.45) is 1.64. The van der Waals surface area contributed by atoms with Crippen LogP contribution in [0.15, 0.2) is 38.9 Å². The number of amidine groups is 1. The van der Waals surface area contributed by atoms with Crippen molar-refractivity contribution in [1.82, 2.24) is 5.32 Å². The van der Waals surface area contributed by atoms with Gasteiger partial charge in [0.1, 0.15) is 0 Å².